The normalized spacial score (nSPS) is 21.9. The lowest BCUT2D eigenvalue weighted by Crippen LogP contribution is -2.31. The van der Waals surface area contributed by atoms with E-state index < -0.39 is 0 Å². The van der Waals surface area contributed by atoms with E-state index in [1.54, 1.807) is 35.9 Å². The van der Waals surface area contributed by atoms with Crippen LogP contribution in [0, 0.1) is 0 Å². The number of carbonyl (C=O) groups is 2. The topological polar surface area (TPSA) is 96.4 Å². The van der Waals surface area contributed by atoms with Crippen LogP contribution in [0.4, 0.5) is 10.6 Å². The van der Waals surface area contributed by atoms with Crippen LogP contribution in [0.25, 0.3) is 0 Å². The van der Waals surface area contributed by atoms with Gasteiger partial charge in [-0.25, -0.2) is 4.79 Å². The molecule has 0 unspecified atom stereocenters. The molecule has 1 N–H and O–H groups in total. The standard InChI is InChI=1S/C19H26N6O3/c1-23(18(26)16-7-8-20-24(16)2)17-12-15(21-22-17)13-5-6-14(11-13)28-19(27)25-9-3-4-10-25/h7-8,12-14H,3-6,9-11H2,1-2H3,(H,21,22)/t13-,14+/m0/s1. The number of aromatic nitrogens is 4. The zero-order valence-electron chi connectivity index (χ0n) is 16.3. The Hall–Kier alpha value is -2.84. The number of hydrogen-bond donors (Lipinski definition) is 1. The SMILES string of the molecule is CN(C(=O)c1ccnn1C)c1cc([C@H]2CC[C@@H](OC(=O)N3CCCC3)C2)[nH]n1. The Labute approximate surface area is 163 Å². The van der Waals surface area contributed by atoms with Gasteiger partial charge in [0.15, 0.2) is 5.82 Å². The van der Waals surface area contributed by atoms with E-state index in [1.165, 1.54) is 4.90 Å². The first-order chi connectivity index (χ1) is 13.5. The van der Waals surface area contributed by atoms with Crippen LogP contribution in [0.15, 0.2) is 18.3 Å². The van der Waals surface area contributed by atoms with Gasteiger partial charge in [-0.15, -0.1) is 0 Å². The summed E-state index contributed by atoms with van der Waals surface area (Å²) in [6.07, 6.45) is 6.03. The second-order valence-corrected chi connectivity index (χ2v) is 7.60. The first kappa shape index (κ1) is 18.5. The Balaban J connectivity index is 1.36. The highest BCUT2D eigenvalue weighted by atomic mass is 16.6. The maximum absolute atomic E-state index is 12.6. The van der Waals surface area contributed by atoms with E-state index in [0.29, 0.717) is 11.5 Å². The Kier molecular flexibility index (Phi) is 5.06. The molecule has 2 atom stereocenters. The van der Waals surface area contributed by atoms with Crippen LogP contribution in [-0.2, 0) is 11.8 Å². The van der Waals surface area contributed by atoms with E-state index in [2.05, 4.69) is 15.3 Å². The number of likely N-dealkylation sites (tertiary alicyclic amines) is 1. The molecular formula is C19H26N6O3. The first-order valence-corrected chi connectivity index (χ1v) is 9.80. The van der Waals surface area contributed by atoms with Crippen molar-refractivity contribution < 1.29 is 14.3 Å². The van der Waals surface area contributed by atoms with Gasteiger partial charge >= 0.3 is 6.09 Å². The minimum atomic E-state index is -0.185. The molecule has 1 aliphatic heterocycles. The van der Waals surface area contributed by atoms with Gasteiger partial charge in [-0.2, -0.15) is 10.2 Å². The molecule has 9 nitrogen and oxygen atoms in total. The number of nitrogens with zero attached hydrogens (tertiary/aromatic N) is 5. The van der Waals surface area contributed by atoms with Crippen molar-refractivity contribution in [3.63, 3.8) is 0 Å². The summed E-state index contributed by atoms with van der Waals surface area (Å²) >= 11 is 0. The molecule has 2 aliphatic rings. The number of aromatic amines is 1. The number of rotatable bonds is 4. The summed E-state index contributed by atoms with van der Waals surface area (Å²) in [6.45, 7) is 1.60. The van der Waals surface area contributed by atoms with Crippen molar-refractivity contribution in [2.45, 2.75) is 44.1 Å². The predicted octanol–water partition coefficient (Wildman–Crippen LogP) is 2.29. The van der Waals surface area contributed by atoms with Gasteiger partial charge in [0.2, 0.25) is 0 Å². The molecule has 2 aromatic heterocycles. The molecule has 28 heavy (non-hydrogen) atoms. The van der Waals surface area contributed by atoms with E-state index in [9.17, 15) is 9.59 Å². The average molecular weight is 386 g/mol. The summed E-state index contributed by atoms with van der Waals surface area (Å²) in [5.41, 5.74) is 1.47. The fourth-order valence-corrected chi connectivity index (χ4v) is 4.01. The smallest absolute Gasteiger partial charge is 0.410 e. The molecule has 150 valence electrons. The Morgan fingerprint density at radius 3 is 2.79 bits per heavy atom. The number of ether oxygens (including phenoxy) is 1. The minimum Gasteiger partial charge on any atom is -0.446 e. The quantitative estimate of drug-likeness (QED) is 0.870. The third kappa shape index (κ3) is 3.61. The minimum absolute atomic E-state index is 0.0568. The van der Waals surface area contributed by atoms with Gasteiger partial charge in [-0.3, -0.25) is 19.5 Å². The van der Waals surface area contributed by atoms with E-state index in [-0.39, 0.29) is 24.0 Å². The third-order valence-electron chi connectivity index (χ3n) is 5.73. The molecule has 0 spiro atoms. The lowest BCUT2D eigenvalue weighted by Gasteiger charge is -2.19. The van der Waals surface area contributed by atoms with Crippen LogP contribution in [-0.4, -0.2) is 63.1 Å². The summed E-state index contributed by atoms with van der Waals surface area (Å²) in [5.74, 6) is 0.651. The molecule has 1 saturated heterocycles. The van der Waals surface area contributed by atoms with Crippen LogP contribution >= 0.6 is 0 Å². The van der Waals surface area contributed by atoms with Gasteiger partial charge in [0, 0.05) is 51.1 Å². The molecule has 4 rings (SSSR count). The molecule has 2 aromatic rings. The van der Waals surface area contributed by atoms with Gasteiger partial charge in [0.25, 0.3) is 5.91 Å². The molecule has 0 bridgehead atoms. The van der Waals surface area contributed by atoms with Crippen LogP contribution in [0.3, 0.4) is 0 Å². The lowest BCUT2D eigenvalue weighted by molar-refractivity contribution is 0.0708. The van der Waals surface area contributed by atoms with Crippen LogP contribution in [0.2, 0.25) is 0 Å². The number of hydrogen-bond acceptors (Lipinski definition) is 5. The molecule has 2 fully saturated rings. The highest BCUT2D eigenvalue weighted by Crippen LogP contribution is 2.36. The maximum atomic E-state index is 12.6. The summed E-state index contributed by atoms with van der Waals surface area (Å²) < 4.78 is 7.22. The zero-order valence-corrected chi connectivity index (χ0v) is 16.3. The largest absolute Gasteiger partial charge is 0.446 e. The van der Waals surface area contributed by atoms with E-state index in [4.69, 9.17) is 4.74 Å². The summed E-state index contributed by atoms with van der Waals surface area (Å²) in [4.78, 5) is 28.1. The number of carbonyl (C=O) groups excluding carboxylic acids is 2. The summed E-state index contributed by atoms with van der Waals surface area (Å²) in [5, 5.41) is 11.4. The fraction of sp³-hybridized carbons (Fsp3) is 0.579. The fourth-order valence-electron chi connectivity index (χ4n) is 4.01. The van der Waals surface area contributed by atoms with Crippen molar-refractivity contribution in [2.24, 2.45) is 7.05 Å². The van der Waals surface area contributed by atoms with Gasteiger partial charge in [-0.1, -0.05) is 0 Å². The number of anilines is 1. The molecule has 0 aromatic carbocycles. The second-order valence-electron chi connectivity index (χ2n) is 7.60. The van der Waals surface area contributed by atoms with Crippen LogP contribution < -0.4 is 4.90 Å². The Morgan fingerprint density at radius 1 is 1.29 bits per heavy atom. The number of H-pyrrole nitrogens is 1. The van der Waals surface area contributed by atoms with Crippen molar-refractivity contribution >= 4 is 17.8 Å². The molecule has 1 aliphatic carbocycles. The molecule has 3 heterocycles. The highest BCUT2D eigenvalue weighted by Gasteiger charge is 2.32. The van der Waals surface area contributed by atoms with Gasteiger partial charge in [-0.05, 0) is 38.2 Å². The average Bonchev–Trinajstić information content (AvgIpc) is 3.46. The molecule has 0 radical (unpaired) electrons. The number of nitrogens with one attached hydrogen (secondary N) is 1. The van der Waals surface area contributed by atoms with Gasteiger partial charge in [0.05, 0.1) is 0 Å². The van der Waals surface area contributed by atoms with Crippen molar-refractivity contribution in [2.75, 3.05) is 25.0 Å². The number of aryl methyl sites for hydroxylation is 1. The van der Waals surface area contributed by atoms with Crippen molar-refractivity contribution in [3.8, 4) is 0 Å². The molecular weight excluding hydrogens is 360 g/mol. The molecule has 1 saturated carbocycles. The van der Waals surface area contributed by atoms with E-state index >= 15 is 0 Å². The summed E-state index contributed by atoms with van der Waals surface area (Å²) in [6, 6.07) is 3.59. The Morgan fingerprint density at radius 2 is 2.07 bits per heavy atom. The predicted molar refractivity (Wildman–Crippen MR) is 102 cm³/mol. The van der Waals surface area contributed by atoms with Crippen LogP contribution in [0.5, 0.6) is 0 Å². The lowest BCUT2D eigenvalue weighted by atomic mass is 10.0. The van der Waals surface area contributed by atoms with Crippen molar-refractivity contribution in [1.29, 1.82) is 0 Å². The second kappa shape index (κ2) is 7.65. The molecule has 9 heteroatoms. The number of amides is 2. The van der Waals surface area contributed by atoms with E-state index in [0.717, 1.165) is 50.9 Å². The van der Waals surface area contributed by atoms with Gasteiger partial charge < -0.3 is 9.64 Å². The van der Waals surface area contributed by atoms with E-state index in [1.807, 2.05) is 6.07 Å². The first-order valence-electron chi connectivity index (χ1n) is 9.80. The highest BCUT2D eigenvalue weighted by molar-refractivity contribution is 6.03. The maximum Gasteiger partial charge on any atom is 0.410 e. The third-order valence-corrected chi connectivity index (χ3v) is 5.73. The van der Waals surface area contributed by atoms with Gasteiger partial charge in [0.1, 0.15) is 11.8 Å². The molecule has 2 amide bonds. The van der Waals surface area contributed by atoms with Crippen molar-refractivity contribution in [3.05, 3.63) is 29.7 Å². The zero-order chi connectivity index (χ0) is 19.7. The van der Waals surface area contributed by atoms with Crippen molar-refractivity contribution in [1.82, 2.24) is 24.9 Å². The monoisotopic (exact) mass is 386 g/mol. The van der Waals surface area contributed by atoms with Crippen LogP contribution in [0.1, 0.15) is 54.2 Å². The Bertz CT molecular complexity index is 853. The summed E-state index contributed by atoms with van der Waals surface area (Å²) in [7, 11) is 3.43.